The first-order valence-corrected chi connectivity index (χ1v) is 15.7. The average Bonchev–Trinajstić information content (AvgIpc) is 3.51. The summed E-state index contributed by atoms with van der Waals surface area (Å²) in [6, 6.07) is 8.73. The first-order valence-electron chi connectivity index (χ1n) is 14.5. The molecule has 5 rings (SSSR count). The molecular weight excluding hydrogens is 633 g/mol. The van der Waals surface area contributed by atoms with Crippen molar-refractivity contribution < 1.29 is 37.4 Å². The van der Waals surface area contributed by atoms with Crippen LogP contribution >= 0.6 is 23.4 Å². The second kappa shape index (κ2) is 13.4. The fourth-order valence-electron chi connectivity index (χ4n) is 5.37. The first-order chi connectivity index (χ1) is 21.3. The molecule has 0 spiro atoms. The van der Waals surface area contributed by atoms with Gasteiger partial charge in [0.1, 0.15) is 0 Å². The number of hydrogen-bond donors (Lipinski definition) is 1. The molecule has 1 aromatic heterocycles. The maximum Gasteiger partial charge on any atom is 0.416 e. The number of piperidine rings is 1. The zero-order valence-corrected chi connectivity index (χ0v) is 26.2. The lowest BCUT2D eigenvalue weighted by Crippen LogP contribution is -2.45. The highest BCUT2D eigenvalue weighted by Crippen LogP contribution is 2.36. The fraction of sp³-hybridized carbons (Fsp3) is 0.419. The number of aliphatic hydroxyl groups is 1. The van der Waals surface area contributed by atoms with Crippen molar-refractivity contribution in [3.8, 4) is 0 Å². The average molecular weight is 665 g/mol. The summed E-state index contributed by atoms with van der Waals surface area (Å²) >= 11 is 6.57. The van der Waals surface area contributed by atoms with E-state index in [-0.39, 0.29) is 46.5 Å². The summed E-state index contributed by atoms with van der Waals surface area (Å²) in [4.78, 5) is 40.9. The minimum absolute atomic E-state index is 0.0126. The van der Waals surface area contributed by atoms with Gasteiger partial charge in [0.15, 0.2) is 0 Å². The number of β-amino-alcohol motifs (C(OH)–C–C–N with tert-alkyl or cyclic N) is 1. The van der Waals surface area contributed by atoms with Crippen LogP contribution in [0.3, 0.4) is 0 Å². The molecule has 240 valence electrons. The Balaban J connectivity index is 1.22. The molecule has 2 fully saturated rings. The molecule has 1 N–H and O–H groups in total. The van der Waals surface area contributed by atoms with Crippen molar-refractivity contribution in [1.29, 1.82) is 0 Å². The number of aliphatic hydroxyl groups excluding tert-OH is 1. The number of aromatic nitrogens is 2. The minimum atomic E-state index is -4.57. The lowest BCUT2D eigenvalue weighted by Gasteiger charge is -2.34. The quantitative estimate of drug-likeness (QED) is 0.269. The number of rotatable bonds is 8. The van der Waals surface area contributed by atoms with Gasteiger partial charge in [0, 0.05) is 23.5 Å². The Hall–Kier alpha value is -3.55. The second-order valence-electron chi connectivity index (χ2n) is 11.6. The Morgan fingerprint density at radius 2 is 1.91 bits per heavy atom. The van der Waals surface area contributed by atoms with Crippen LogP contribution in [-0.2, 0) is 22.3 Å². The summed E-state index contributed by atoms with van der Waals surface area (Å²) in [5, 5.41) is 15.3. The predicted molar refractivity (Wildman–Crippen MR) is 164 cm³/mol. The number of benzene rings is 2. The van der Waals surface area contributed by atoms with E-state index in [1.165, 1.54) is 23.0 Å². The SMILES string of the molecule is CC(C)COC(=O)N1CCC(C(O)CN2C(=O)SC(=Cc3ccc4c(cnn4Cc4ccc(Cl)cc4C(F)(F)F)c3)C2=O)CC1. The molecule has 0 aliphatic carbocycles. The largest absolute Gasteiger partial charge is 0.449 e. The number of carbonyl (C=O) groups is 3. The molecule has 2 aromatic carbocycles. The number of imide groups is 1. The van der Waals surface area contributed by atoms with E-state index in [2.05, 4.69) is 5.10 Å². The monoisotopic (exact) mass is 664 g/mol. The van der Waals surface area contributed by atoms with Crippen LogP contribution in [0.4, 0.5) is 22.8 Å². The van der Waals surface area contributed by atoms with Crippen LogP contribution in [0.1, 0.15) is 43.4 Å². The van der Waals surface area contributed by atoms with Crippen LogP contribution in [-0.4, -0.2) is 74.3 Å². The molecule has 14 heteroatoms. The van der Waals surface area contributed by atoms with Crippen LogP contribution in [0.15, 0.2) is 47.5 Å². The lowest BCUT2D eigenvalue weighted by atomic mass is 9.91. The molecule has 0 radical (unpaired) electrons. The van der Waals surface area contributed by atoms with Crippen molar-refractivity contribution >= 4 is 57.6 Å². The van der Waals surface area contributed by atoms with Gasteiger partial charge >= 0.3 is 12.3 Å². The summed E-state index contributed by atoms with van der Waals surface area (Å²) in [6.45, 7) is 4.80. The van der Waals surface area contributed by atoms with Crippen molar-refractivity contribution in [3.63, 3.8) is 0 Å². The van der Waals surface area contributed by atoms with Gasteiger partial charge in [0.25, 0.3) is 11.1 Å². The summed E-state index contributed by atoms with van der Waals surface area (Å²) in [6.07, 6.45) is -1.76. The fourth-order valence-corrected chi connectivity index (χ4v) is 6.39. The van der Waals surface area contributed by atoms with E-state index < -0.39 is 29.0 Å². The standard InChI is InChI=1S/C31H32ClF3N4O5S/c1-18(2)17-44-29(42)37-9-7-20(8-10-37)26(40)16-38-28(41)27(45-30(38)43)12-19-3-6-25-22(11-19)14-36-39(25)15-21-4-5-23(32)13-24(21)31(33,34)35/h3-6,11-14,18,20,26,40H,7-10,15-17H2,1-2H3. The van der Waals surface area contributed by atoms with Gasteiger partial charge in [0.2, 0.25) is 0 Å². The van der Waals surface area contributed by atoms with Crippen molar-refractivity contribution in [2.75, 3.05) is 26.2 Å². The molecule has 1 atom stereocenters. The van der Waals surface area contributed by atoms with Crippen LogP contribution in [0.5, 0.6) is 0 Å². The Labute approximate surface area is 266 Å². The van der Waals surface area contributed by atoms with E-state index in [1.807, 2.05) is 13.8 Å². The molecular formula is C31H32ClF3N4O5S. The number of fused-ring (bicyclic) bond motifs is 1. The molecule has 45 heavy (non-hydrogen) atoms. The maximum atomic E-state index is 13.6. The molecule has 3 heterocycles. The molecule has 9 nitrogen and oxygen atoms in total. The number of thioether (sulfide) groups is 1. The Morgan fingerprint density at radius 3 is 2.60 bits per heavy atom. The third kappa shape index (κ3) is 7.64. The summed E-state index contributed by atoms with van der Waals surface area (Å²) in [5.74, 6) is -0.472. The van der Waals surface area contributed by atoms with Gasteiger partial charge in [-0.1, -0.05) is 37.6 Å². The zero-order valence-electron chi connectivity index (χ0n) is 24.6. The van der Waals surface area contributed by atoms with E-state index >= 15 is 0 Å². The number of halogens is 4. The van der Waals surface area contributed by atoms with Crippen molar-refractivity contribution in [1.82, 2.24) is 19.6 Å². The third-order valence-corrected chi connectivity index (χ3v) is 8.93. The molecule has 0 saturated carbocycles. The third-order valence-electron chi connectivity index (χ3n) is 7.79. The number of alkyl halides is 3. The smallest absolute Gasteiger partial charge is 0.416 e. The van der Waals surface area contributed by atoms with Crippen LogP contribution in [0, 0.1) is 11.8 Å². The van der Waals surface area contributed by atoms with E-state index in [4.69, 9.17) is 16.3 Å². The molecule has 2 aliphatic rings. The highest BCUT2D eigenvalue weighted by Gasteiger charge is 2.38. The topological polar surface area (TPSA) is 105 Å². The van der Waals surface area contributed by atoms with E-state index in [0.29, 0.717) is 49.0 Å². The van der Waals surface area contributed by atoms with Gasteiger partial charge in [-0.05, 0) is 77.9 Å². The van der Waals surface area contributed by atoms with Gasteiger partial charge in [-0.25, -0.2) is 4.79 Å². The number of likely N-dealkylation sites (tertiary alicyclic amines) is 1. The van der Waals surface area contributed by atoms with Gasteiger partial charge in [-0.15, -0.1) is 0 Å². The van der Waals surface area contributed by atoms with Crippen LogP contribution in [0.2, 0.25) is 5.02 Å². The number of hydrogen-bond acceptors (Lipinski definition) is 7. The summed E-state index contributed by atoms with van der Waals surface area (Å²) < 4.78 is 47.4. The lowest BCUT2D eigenvalue weighted by molar-refractivity contribution is -0.138. The minimum Gasteiger partial charge on any atom is -0.449 e. The van der Waals surface area contributed by atoms with Gasteiger partial charge in [-0.3, -0.25) is 19.2 Å². The molecule has 3 amide bonds. The van der Waals surface area contributed by atoms with Crippen molar-refractivity contribution in [3.05, 3.63) is 69.2 Å². The normalized spacial score (nSPS) is 18.1. The van der Waals surface area contributed by atoms with E-state index in [0.717, 1.165) is 22.7 Å². The molecule has 0 bridgehead atoms. The van der Waals surface area contributed by atoms with Crippen molar-refractivity contribution in [2.45, 2.75) is 45.5 Å². The van der Waals surface area contributed by atoms with Crippen LogP contribution in [0.25, 0.3) is 17.0 Å². The second-order valence-corrected chi connectivity index (χ2v) is 13.0. The Morgan fingerprint density at radius 1 is 1.18 bits per heavy atom. The zero-order chi connectivity index (χ0) is 32.5. The number of nitrogens with zero attached hydrogens (tertiary/aromatic N) is 4. The highest BCUT2D eigenvalue weighted by molar-refractivity contribution is 8.18. The number of carbonyl (C=O) groups excluding carboxylic acids is 3. The van der Waals surface area contributed by atoms with Gasteiger partial charge in [0.05, 0.1) is 48.0 Å². The Bertz CT molecular complexity index is 1630. The van der Waals surface area contributed by atoms with E-state index in [9.17, 15) is 32.7 Å². The number of ether oxygens (including phenoxy) is 1. The summed E-state index contributed by atoms with van der Waals surface area (Å²) in [5.41, 5.74) is 0.382. The molecule has 2 aliphatic heterocycles. The Kier molecular flexibility index (Phi) is 9.80. The van der Waals surface area contributed by atoms with E-state index in [1.54, 1.807) is 29.2 Å². The predicted octanol–water partition coefficient (Wildman–Crippen LogP) is 6.66. The van der Waals surface area contributed by atoms with Gasteiger partial charge < -0.3 is 14.7 Å². The number of amides is 3. The van der Waals surface area contributed by atoms with Crippen molar-refractivity contribution in [2.24, 2.45) is 11.8 Å². The first kappa shape index (κ1) is 32.8. The van der Waals surface area contributed by atoms with Crippen LogP contribution < -0.4 is 0 Å². The van der Waals surface area contributed by atoms with Gasteiger partial charge in [-0.2, -0.15) is 18.3 Å². The maximum absolute atomic E-state index is 13.6. The molecule has 3 aromatic rings. The molecule has 1 unspecified atom stereocenters. The molecule has 2 saturated heterocycles. The summed E-state index contributed by atoms with van der Waals surface area (Å²) in [7, 11) is 0. The highest BCUT2D eigenvalue weighted by atomic mass is 35.5.